The van der Waals surface area contributed by atoms with Gasteiger partial charge in [0.1, 0.15) is 5.69 Å². The van der Waals surface area contributed by atoms with Gasteiger partial charge in [-0.2, -0.15) is 5.26 Å². The summed E-state index contributed by atoms with van der Waals surface area (Å²) in [6, 6.07) is 4.66. The van der Waals surface area contributed by atoms with Crippen molar-refractivity contribution in [2.24, 2.45) is 9.63 Å². The number of aryl methyl sites for hydroxylation is 1. The fraction of sp³-hybridized carbons (Fsp3) is 0.417. The Morgan fingerprint density at radius 2 is 2.00 bits per heavy atom. The Balaban J connectivity index is 2.97. The van der Waals surface area contributed by atoms with Gasteiger partial charge in [-0.25, -0.2) is 4.39 Å². The first-order valence-electron chi connectivity index (χ1n) is 5.13. The average molecular weight is 251 g/mol. The van der Waals surface area contributed by atoms with Crippen LogP contribution in [-0.4, -0.2) is 4.75 Å². The Labute approximate surface area is 105 Å². The van der Waals surface area contributed by atoms with Gasteiger partial charge in [-0.15, -0.1) is 9.63 Å². The van der Waals surface area contributed by atoms with Crippen LogP contribution in [0.15, 0.2) is 21.8 Å². The summed E-state index contributed by atoms with van der Waals surface area (Å²) < 4.78 is 17.5. The second-order valence-electron chi connectivity index (χ2n) is 4.62. The predicted molar refractivity (Wildman–Crippen MR) is 67.7 cm³/mol. The average Bonchev–Trinajstić information content (AvgIpc) is 2.20. The maximum absolute atomic E-state index is 13.6. The Morgan fingerprint density at radius 1 is 1.35 bits per heavy atom. The van der Waals surface area contributed by atoms with Gasteiger partial charge in [0.2, 0.25) is 0 Å². The van der Waals surface area contributed by atoms with Gasteiger partial charge >= 0.3 is 0 Å². The molecule has 90 valence electrons. The van der Waals surface area contributed by atoms with E-state index < -0.39 is 5.82 Å². The highest BCUT2D eigenvalue weighted by atomic mass is 32.2. The van der Waals surface area contributed by atoms with E-state index in [1.165, 1.54) is 18.0 Å². The second-order valence-corrected chi connectivity index (χ2v) is 6.19. The third-order valence-electron chi connectivity index (χ3n) is 1.84. The smallest absolute Gasteiger partial charge is 0.152 e. The molecule has 1 aromatic rings. The van der Waals surface area contributed by atoms with Crippen molar-refractivity contribution in [2.45, 2.75) is 32.4 Å². The van der Waals surface area contributed by atoms with E-state index in [9.17, 15) is 4.39 Å². The molecule has 0 aliphatic heterocycles. The molecule has 0 amide bonds. The molecule has 5 heteroatoms. The van der Waals surface area contributed by atoms with E-state index in [2.05, 4.69) is 9.63 Å². The fourth-order valence-corrected chi connectivity index (χ4v) is 1.48. The highest BCUT2D eigenvalue weighted by Crippen LogP contribution is 2.29. The Bertz CT molecular complexity index is 460. The first-order valence-corrected chi connectivity index (χ1v) is 5.90. The largest absolute Gasteiger partial charge is 0.204 e. The molecule has 1 rings (SSSR count). The monoisotopic (exact) mass is 251 g/mol. The standard InChI is InChI=1S/C12H14FN3S/c1-8-5-9(7-14)6-10(13)11(8)15-16-17-12(2,3)4/h5-6H,1-4H3/b16-15+. The normalized spacial score (nSPS) is 11.8. The Hall–Kier alpha value is -1.41. The minimum Gasteiger partial charge on any atom is -0.204 e. The van der Waals surface area contributed by atoms with E-state index in [1.54, 1.807) is 13.0 Å². The van der Waals surface area contributed by atoms with Crippen molar-refractivity contribution in [1.82, 2.24) is 0 Å². The number of nitrogens with zero attached hydrogens (tertiary/aromatic N) is 3. The number of halogens is 1. The molecular weight excluding hydrogens is 237 g/mol. The van der Waals surface area contributed by atoms with Gasteiger partial charge in [0.25, 0.3) is 0 Å². The SMILES string of the molecule is Cc1cc(C#N)cc(F)c1/N=N/SC(C)(C)C. The number of hydrogen-bond donors (Lipinski definition) is 0. The molecule has 0 bridgehead atoms. The lowest BCUT2D eigenvalue weighted by atomic mass is 10.1. The molecule has 0 fully saturated rings. The van der Waals surface area contributed by atoms with Gasteiger partial charge in [0.05, 0.1) is 11.6 Å². The van der Waals surface area contributed by atoms with E-state index in [0.29, 0.717) is 11.1 Å². The highest BCUT2D eigenvalue weighted by Gasteiger charge is 2.11. The molecule has 1 aromatic carbocycles. The van der Waals surface area contributed by atoms with Crippen LogP contribution in [-0.2, 0) is 0 Å². The van der Waals surface area contributed by atoms with Gasteiger partial charge in [-0.1, -0.05) is 0 Å². The molecule has 0 radical (unpaired) electrons. The Morgan fingerprint density at radius 3 is 2.47 bits per heavy atom. The van der Waals surface area contributed by atoms with Crippen molar-refractivity contribution in [3.05, 3.63) is 29.1 Å². The minimum absolute atomic E-state index is 0.0551. The Kier molecular flexibility index (Phi) is 4.24. The van der Waals surface area contributed by atoms with Gasteiger partial charge in [0.15, 0.2) is 5.82 Å². The van der Waals surface area contributed by atoms with E-state index in [0.717, 1.165) is 0 Å². The van der Waals surface area contributed by atoms with Crippen LogP contribution in [0.2, 0.25) is 0 Å². The zero-order chi connectivity index (χ0) is 13.1. The molecule has 0 unspecified atom stereocenters. The number of nitriles is 1. The van der Waals surface area contributed by atoms with Crippen LogP contribution in [0.3, 0.4) is 0 Å². The molecule has 17 heavy (non-hydrogen) atoms. The van der Waals surface area contributed by atoms with Gasteiger partial charge < -0.3 is 0 Å². The van der Waals surface area contributed by atoms with E-state index in [1.807, 2.05) is 26.8 Å². The quantitative estimate of drug-likeness (QED) is 0.572. The van der Waals surface area contributed by atoms with Crippen molar-refractivity contribution < 1.29 is 4.39 Å². The molecule has 0 aromatic heterocycles. The molecule has 0 N–H and O–H groups in total. The van der Waals surface area contributed by atoms with Gasteiger partial charge in [-0.3, -0.25) is 0 Å². The summed E-state index contributed by atoms with van der Waals surface area (Å²) in [5, 5.41) is 12.6. The maximum Gasteiger partial charge on any atom is 0.152 e. The zero-order valence-corrected chi connectivity index (χ0v) is 11.1. The van der Waals surface area contributed by atoms with Crippen LogP contribution >= 0.6 is 11.9 Å². The molecular formula is C12H14FN3S. The lowest BCUT2D eigenvalue weighted by molar-refractivity contribution is 0.627. The fourth-order valence-electron chi connectivity index (χ4n) is 1.11. The summed E-state index contributed by atoms with van der Waals surface area (Å²) >= 11 is 1.28. The second kappa shape index (κ2) is 5.28. The summed E-state index contributed by atoms with van der Waals surface area (Å²) in [6.07, 6.45) is 0. The minimum atomic E-state index is -0.514. The molecule has 0 spiro atoms. The van der Waals surface area contributed by atoms with Crippen molar-refractivity contribution >= 4 is 17.6 Å². The van der Waals surface area contributed by atoms with Crippen LogP contribution in [0.5, 0.6) is 0 Å². The number of rotatable bonds is 2. The van der Waals surface area contributed by atoms with E-state index >= 15 is 0 Å². The van der Waals surface area contributed by atoms with Crippen molar-refractivity contribution in [3.63, 3.8) is 0 Å². The highest BCUT2D eigenvalue weighted by molar-refractivity contribution is 7.99. The molecule has 0 atom stereocenters. The summed E-state index contributed by atoms with van der Waals surface area (Å²) in [5.74, 6) is -0.514. The summed E-state index contributed by atoms with van der Waals surface area (Å²) in [6.45, 7) is 7.70. The van der Waals surface area contributed by atoms with Gasteiger partial charge in [-0.05, 0) is 45.4 Å². The third-order valence-corrected chi connectivity index (χ3v) is 2.55. The summed E-state index contributed by atoms with van der Waals surface area (Å²) in [4.78, 5) is 0. The molecule has 0 aliphatic rings. The number of hydrogen-bond acceptors (Lipinski definition) is 4. The zero-order valence-electron chi connectivity index (χ0n) is 10.3. The van der Waals surface area contributed by atoms with Crippen LogP contribution < -0.4 is 0 Å². The third kappa shape index (κ3) is 4.16. The van der Waals surface area contributed by atoms with Crippen LogP contribution in [0, 0.1) is 24.1 Å². The lowest BCUT2D eigenvalue weighted by Crippen LogP contribution is -2.04. The van der Waals surface area contributed by atoms with Crippen molar-refractivity contribution in [2.75, 3.05) is 0 Å². The van der Waals surface area contributed by atoms with Crippen LogP contribution in [0.4, 0.5) is 10.1 Å². The molecule has 0 heterocycles. The first kappa shape index (κ1) is 13.7. The summed E-state index contributed by atoms with van der Waals surface area (Å²) in [5.41, 5.74) is 1.10. The van der Waals surface area contributed by atoms with Crippen molar-refractivity contribution in [1.29, 1.82) is 5.26 Å². The lowest BCUT2D eigenvalue weighted by Gasteiger charge is -2.11. The van der Waals surface area contributed by atoms with E-state index in [-0.39, 0.29) is 10.4 Å². The topological polar surface area (TPSA) is 48.5 Å². The molecule has 0 saturated carbocycles. The van der Waals surface area contributed by atoms with Crippen molar-refractivity contribution in [3.8, 4) is 6.07 Å². The summed E-state index contributed by atoms with van der Waals surface area (Å²) in [7, 11) is 0. The van der Waals surface area contributed by atoms with Gasteiger partial charge in [0, 0.05) is 16.7 Å². The molecule has 0 saturated heterocycles. The van der Waals surface area contributed by atoms with Crippen LogP contribution in [0.1, 0.15) is 31.9 Å². The molecule has 3 nitrogen and oxygen atoms in total. The first-order chi connectivity index (χ1) is 7.83. The van der Waals surface area contributed by atoms with E-state index in [4.69, 9.17) is 5.26 Å². The van der Waals surface area contributed by atoms with Crippen LogP contribution in [0.25, 0.3) is 0 Å². The molecule has 0 aliphatic carbocycles. The maximum atomic E-state index is 13.6. The predicted octanol–water partition coefficient (Wildman–Crippen LogP) is 4.54. The number of benzene rings is 1.